The van der Waals surface area contributed by atoms with Crippen molar-refractivity contribution >= 4 is 61.4 Å². The highest BCUT2D eigenvalue weighted by Crippen LogP contribution is 2.45. The van der Waals surface area contributed by atoms with E-state index < -0.39 is 23.7 Å². The van der Waals surface area contributed by atoms with Gasteiger partial charge in [0, 0.05) is 10.4 Å². The molecule has 8 nitrogen and oxygen atoms in total. The summed E-state index contributed by atoms with van der Waals surface area (Å²) in [5.74, 6) is -2.32. The molecule has 0 aliphatic carbocycles. The second-order valence-electron chi connectivity index (χ2n) is 8.75. The summed E-state index contributed by atoms with van der Waals surface area (Å²) < 4.78 is 6.32. The van der Waals surface area contributed by atoms with Crippen LogP contribution in [0.4, 0.5) is 5.13 Å². The number of fused-ring (bicyclic) bond motifs is 1. The van der Waals surface area contributed by atoms with E-state index in [9.17, 15) is 24.6 Å². The average Bonchev–Trinajstić information content (AvgIpc) is 3.65. The number of unbranched alkanes of at least 4 members (excludes halogenated alkanes) is 2. The van der Waals surface area contributed by atoms with Crippen LogP contribution in [0.5, 0.6) is 5.75 Å². The Morgan fingerprint density at radius 1 is 1.05 bits per heavy atom. The van der Waals surface area contributed by atoms with Gasteiger partial charge in [-0.25, -0.2) is 9.78 Å². The SMILES string of the molecule is CCCCCOc1ccc(/C(O)=C2\C(=O)C(=O)N(c3nc4ccc(C(=O)O)cc4s3)C2c2cccs2)cc1. The Morgan fingerprint density at radius 3 is 2.50 bits per heavy atom. The predicted molar refractivity (Wildman–Crippen MR) is 147 cm³/mol. The highest BCUT2D eigenvalue weighted by Gasteiger charge is 2.48. The van der Waals surface area contributed by atoms with E-state index in [1.165, 1.54) is 28.4 Å². The van der Waals surface area contributed by atoms with E-state index in [1.807, 2.05) is 11.4 Å². The Balaban J connectivity index is 1.54. The van der Waals surface area contributed by atoms with E-state index in [0.29, 0.717) is 33.0 Å². The lowest BCUT2D eigenvalue weighted by Crippen LogP contribution is -2.28. The van der Waals surface area contributed by atoms with Crippen molar-refractivity contribution in [3.8, 4) is 5.75 Å². The zero-order chi connectivity index (χ0) is 26.8. The second-order valence-corrected chi connectivity index (χ2v) is 10.7. The topological polar surface area (TPSA) is 117 Å². The molecule has 1 saturated heterocycles. The van der Waals surface area contributed by atoms with Crippen LogP contribution in [0, 0.1) is 0 Å². The van der Waals surface area contributed by atoms with Crippen LogP contribution in [0.25, 0.3) is 16.0 Å². The molecule has 1 aliphatic rings. The number of aromatic nitrogens is 1. The lowest BCUT2D eigenvalue weighted by molar-refractivity contribution is -0.132. The quantitative estimate of drug-likeness (QED) is 0.110. The molecule has 1 aliphatic heterocycles. The summed E-state index contributed by atoms with van der Waals surface area (Å²) in [4.78, 5) is 44.5. The fraction of sp³-hybridized carbons (Fsp3) is 0.214. The van der Waals surface area contributed by atoms with Crippen molar-refractivity contribution in [1.29, 1.82) is 0 Å². The molecule has 10 heteroatoms. The van der Waals surface area contributed by atoms with E-state index in [1.54, 1.807) is 36.4 Å². The summed E-state index contributed by atoms with van der Waals surface area (Å²) in [5, 5.41) is 22.7. The monoisotopic (exact) mass is 548 g/mol. The molecule has 2 aromatic heterocycles. The van der Waals surface area contributed by atoms with Crippen molar-refractivity contribution in [3.05, 3.63) is 81.6 Å². The molecule has 1 fully saturated rings. The van der Waals surface area contributed by atoms with Crippen molar-refractivity contribution in [1.82, 2.24) is 4.98 Å². The van der Waals surface area contributed by atoms with Gasteiger partial charge in [0.25, 0.3) is 5.78 Å². The van der Waals surface area contributed by atoms with Crippen LogP contribution in [0.3, 0.4) is 0 Å². The van der Waals surface area contributed by atoms with Gasteiger partial charge in [0.15, 0.2) is 5.13 Å². The van der Waals surface area contributed by atoms with Crippen LogP contribution in [-0.4, -0.2) is 39.5 Å². The average molecular weight is 549 g/mol. The second kappa shape index (κ2) is 10.8. The first-order valence-corrected chi connectivity index (χ1v) is 13.8. The number of aliphatic hydroxyl groups excluding tert-OH is 1. The highest BCUT2D eigenvalue weighted by atomic mass is 32.1. The van der Waals surface area contributed by atoms with Gasteiger partial charge in [-0.2, -0.15) is 0 Å². The van der Waals surface area contributed by atoms with Crippen LogP contribution in [0.1, 0.15) is 53.0 Å². The number of amides is 1. The van der Waals surface area contributed by atoms with Gasteiger partial charge in [-0.05, 0) is 60.3 Å². The number of anilines is 1. The molecule has 1 atom stereocenters. The molecule has 194 valence electrons. The molecule has 2 aromatic carbocycles. The number of carboxylic acids is 1. The van der Waals surface area contributed by atoms with Crippen LogP contribution < -0.4 is 9.64 Å². The third kappa shape index (κ3) is 4.80. The first-order chi connectivity index (χ1) is 18.4. The normalized spacial score (nSPS) is 16.9. The van der Waals surface area contributed by atoms with Crippen LogP contribution >= 0.6 is 22.7 Å². The fourth-order valence-electron chi connectivity index (χ4n) is 4.30. The Bertz CT molecular complexity index is 1540. The standard InChI is InChI=1S/C28H24N2O6S2/c1-2-3-4-13-36-18-10-7-16(8-11-18)24(31)22-23(20-6-5-14-37-20)30(26(33)25(22)32)28-29-19-12-9-17(27(34)35)15-21(19)38-28/h5-12,14-15,23,31H,2-4,13H2,1H3,(H,34,35)/b24-22+. The van der Waals surface area contributed by atoms with Gasteiger partial charge < -0.3 is 14.9 Å². The van der Waals surface area contributed by atoms with Crippen molar-refractivity contribution in [2.24, 2.45) is 0 Å². The van der Waals surface area contributed by atoms with E-state index >= 15 is 0 Å². The molecule has 0 saturated carbocycles. The summed E-state index contributed by atoms with van der Waals surface area (Å²) in [5.41, 5.74) is 0.971. The summed E-state index contributed by atoms with van der Waals surface area (Å²) in [7, 11) is 0. The minimum absolute atomic E-state index is 0.0282. The number of nitrogens with zero attached hydrogens (tertiary/aromatic N) is 2. The van der Waals surface area contributed by atoms with Gasteiger partial charge in [0.2, 0.25) is 0 Å². The minimum atomic E-state index is -1.07. The Labute approximate surface area is 226 Å². The zero-order valence-corrected chi connectivity index (χ0v) is 22.1. The van der Waals surface area contributed by atoms with E-state index in [-0.39, 0.29) is 22.0 Å². The van der Waals surface area contributed by atoms with Gasteiger partial charge in [-0.15, -0.1) is 11.3 Å². The van der Waals surface area contributed by atoms with Crippen molar-refractivity contribution in [3.63, 3.8) is 0 Å². The third-order valence-electron chi connectivity index (χ3n) is 6.23. The van der Waals surface area contributed by atoms with Gasteiger partial charge in [-0.1, -0.05) is 37.2 Å². The Kier molecular flexibility index (Phi) is 7.26. The Morgan fingerprint density at radius 2 is 1.82 bits per heavy atom. The van der Waals surface area contributed by atoms with Crippen molar-refractivity contribution < 1.29 is 29.3 Å². The molecule has 1 unspecified atom stereocenters. The lowest BCUT2D eigenvalue weighted by Gasteiger charge is -2.21. The van der Waals surface area contributed by atoms with Gasteiger partial charge in [0.1, 0.15) is 17.6 Å². The molecule has 3 heterocycles. The summed E-state index contributed by atoms with van der Waals surface area (Å²) >= 11 is 2.47. The highest BCUT2D eigenvalue weighted by molar-refractivity contribution is 7.22. The molecule has 0 radical (unpaired) electrons. The predicted octanol–water partition coefficient (Wildman–Crippen LogP) is 6.25. The van der Waals surface area contributed by atoms with Crippen molar-refractivity contribution in [2.75, 3.05) is 11.5 Å². The number of hydrogen-bond donors (Lipinski definition) is 2. The molecule has 0 bridgehead atoms. The molecule has 2 N–H and O–H groups in total. The maximum atomic E-state index is 13.3. The van der Waals surface area contributed by atoms with E-state index in [0.717, 1.165) is 30.6 Å². The van der Waals surface area contributed by atoms with Gasteiger partial charge >= 0.3 is 11.9 Å². The number of carbonyl (C=O) groups excluding carboxylic acids is 2. The minimum Gasteiger partial charge on any atom is -0.507 e. The van der Waals surface area contributed by atoms with Crippen LogP contribution in [-0.2, 0) is 9.59 Å². The summed E-state index contributed by atoms with van der Waals surface area (Å²) in [6.45, 7) is 2.72. The molecule has 5 rings (SSSR count). The molecule has 0 spiro atoms. The number of ketones is 1. The summed E-state index contributed by atoms with van der Waals surface area (Å²) in [6, 6.07) is 14.0. The van der Waals surface area contributed by atoms with Crippen LogP contribution in [0.15, 0.2) is 65.6 Å². The number of hydrogen-bond acceptors (Lipinski definition) is 8. The molecule has 4 aromatic rings. The number of benzene rings is 2. The fourth-order valence-corrected chi connectivity index (χ4v) is 6.16. The number of carbonyl (C=O) groups is 3. The number of thiazole rings is 1. The summed E-state index contributed by atoms with van der Waals surface area (Å²) in [6.07, 6.45) is 3.13. The molecule has 38 heavy (non-hydrogen) atoms. The van der Waals surface area contributed by atoms with Crippen LogP contribution in [0.2, 0.25) is 0 Å². The Hall–Kier alpha value is -4.02. The molecular formula is C28H24N2O6S2. The first-order valence-electron chi connectivity index (χ1n) is 12.1. The number of thiophene rings is 1. The lowest BCUT2D eigenvalue weighted by atomic mass is 10.00. The maximum Gasteiger partial charge on any atom is 0.335 e. The van der Waals surface area contributed by atoms with Gasteiger partial charge in [-0.3, -0.25) is 14.5 Å². The largest absolute Gasteiger partial charge is 0.507 e. The van der Waals surface area contributed by atoms with Crippen molar-refractivity contribution in [2.45, 2.75) is 32.2 Å². The third-order valence-corrected chi connectivity index (χ3v) is 8.17. The van der Waals surface area contributed by atoms with E-state index in [2.05, 4.69) is 11.9 Å². The van der Waals surface area contributed by atoms with E-state index in [4.69, 9.17) is 4.74 Å². The first kappa shape index (κ1) is 25.6. The molecular weight excluding hydrogens is 524 g/mol. The number of carboxylic acid groups (broad SMARTS) is 1. The zero-order valence-electron chi connectivity index (χ0n) is 20.4. The number of ether oxygens (including phenoxy) is 1. The number of aliphatic hydroxyl groups is 1. The number of aromatic carboxylic acids is 1. The van der Waals surface area contributed by atoms with Gasteiger partial charge in [0.05, 0.1) is 28.0 Å². The number of Topliss-reactive ketones (excluding diaryl/α,β-unsaturated/α-hetero) is 1. The smallest absolute Gasteiger partial charge is 0.335 e. The number of rotatable bonds is 9. The maximum absolute atomic E-state index is 13.3. The molecule has 1 amide bonds.